The fourth-order valence-electron chi connectivity index (χ4n) is 2.09. The summed E-state index contributed by atoms with van der Waals surface area (Å²) in [5, 5.41) is 5.36. The predicted octanol–water partition coefficient (Wildman–Crippen LogP) is 4.54. The minimum Gasteiger partial charge on any atom is -0.406 e. The van der Waals surface area contributed by atoms with Gasteiger partial charge in [0.15, 0.2) is 0 Å². The molecule has 2 aromatic rings. The third-order valence-corrected chi connectivity index (χ3v) is 3.85. The molecule has 1 N–H and O–H groups in total. The van der Waals surface area contributed by atoms with Crippen LogP contribution in [-0.2, 0) is 6.42 Å². The number of hydrogen-bond acceptors (Lipinski definition) is 3. The van der Waals surface area contributed by atoms with Gasteiger partial charge in [-0.1, -0.05) is 25.1 Å². The zero-order chi connectivity index (χ0) is 15.3. The topological polar surface area (TPSA) is 21.3 Å². The molecule has 2 nitrogen and oxygen atoms in total. The lowest BCUT2D eigenvalue weighted by Crippen LogP contribution is -2.22. The number of hydrogen-bond donors (Lipinski definition) is 1. The molecule has 0 radical (unpaired) electrons. The monoisotopic (exact) mass is 315 g/mol. The van der Waals surface area contributed by atoms with Gasteiger partial charge in [0.05, 0.1) is 0 Å². The van der Waals surface area contributed by atoms with Crippen LogP contribution in [0.4, 0.5) is 13.2 Å². The highest BCUT2D eigenvalue weighted by atomic mass is 32.1. The van der Waals surface area contributed by atoms with E-state index in [9.17, 15) is 13.2 Å². The lowest BCUT2D eigenvalue weighted by atomic mass is 10.0. The van der Waals surface area contributed by atoms with Crippen LogP contribution in [0.2, 0.25) is 0 Å². The second kappa shape index (κ2) is 6.95. The van der Waals surface area contributed by atoms with Crippen molar-refractivity contribution >= 4 is 11.3 Å². The molecule has 1 aromatic heterocycles. The van der Waals surface area contributed by atoms with Gasteiger partial charge in [0.25, 0.3) is 0 Å². The first kappa shape index (κ1) is 15.9. The average molecular weight is 315 g/mol. The summed E-state index contributed by atoms with van der Waals surface area (Å²) < 4.78 is 40.3. The Morgan fingerprint density at radius 2 is 1.90 bits per heavy atom. The van der Waals surface area contributed by atoms with Crippen molar-refractivity contribution < 1.29 is 17.9 Å². The Labute approximate surface area is 125 Å². The molecular formula is C15H16F3NOS. The van der Waals surface area contributed by atoms with Gasteiger partial charge in [-0.3, -0.25) is 0 Å². The maximum atomic E-state index is 12.1. The maximum absolute atomic E-state index is 12.1. The summed E-state index contributed by atoms with van der Waals surface area (Å²) in [6.45, 7) is 2.79. The van der Waals surface area contributed by atoms with Gasteiger partial charge in [0.1, 0.15) is 5.75 Å². The lowest BCUT2D eigenvalue weighted by molar-refractivity contribution is -0.274. The second-order valence-corrected chi connectivity index (χ2v) is 5.54. The van der Waals surface area contributed by atoms with Gasteiger partial charge in [-0.2, -0.15) is 0 Å². The Kier molecular flexibility index (Phi) is 5.25. The molecule has 114 valence electrons. The minimum absolute atomic E-state index is 0.0774. The molecule has 1 aromatic carbocycles. The van der Waals surface area contributed by atoms with Crippen LogP contribution in [0.3, 0.4) is 0 Å². The number of nitrogens with one attached hydrogen (secondary N) is 1. The Balaban J connectivity index is 2.09. The van der Waals surface area contributed by atoms with Crippen molar-refractivity contribution in [3.8, 4) is 5.75 Å². The van der Waals surface area contributed by atoms with E-state index in [1.807, 2.05) is 18.4 Å². The average Bonchev–Trinajstić information content (AvgIpc) is 2.90. The Hall–Kier alpha value is -1.53. The molecule has 0 saturated heterocycles. The highest BCUT2D eigenvalue weighted by Gasteiger charge is 2.31. The van der Waals surface area contributed by atoms with Gasteiger partial charge in [-0.05, 0) is 35.7 Å². The van der Waals surface area contributed by atoms with E-state index < -0.39 is 6.36 Å². The number of rotatable bonds is 6. The molecule has 21 heavy (non-hydrogen) atoms. The molecule has 0 fully saturated rings. The summed E-state index contributed by atoms with van der Waals surface area (Å²) >= 11 is 1.67. The first-order valence-corrected chi connectivity index (χ1v) is 7.47. The van der Waals surface area contributed by atoms with E-state index in [2.05, 4.69) is 16.1 Å². The molecule has 1 heterocycles. The molecule has 0 bridgehead atoms. The van der Waals surface area contributed by atoms with Crippen molar-refractivity contribution in [2.24, 2.45) is 0 Å². The molecule has 0 saturated carbocycles. The zero-order valence-corrected chi connectivity index (χ0v) is 12.3. The smallest absolute Gasteiger partial charge is 0.406 e. The molecule has 0 aliphatic carbocycles. The van der Waals surface area contributed by atoms with E-state index in [0.717, 1.165) is 18.5 Å². The van der Waals surface area contributed by atoms with E-state index >= 15 is 0 Å². The summed E-state index contributed by atoms with van der Waals surface area (Å²) in [5.74, 6) is -0.197. The van der Waals surface area contributed by atoms with Crippen LogP contribution in [0, 0.1) is 0 Å². The van der Waals surface area contributed by atoms with E-state index in [0.29, 0.717) is 0 Å². The number of ether oxygens (including phenoxy) is 1. The SMILES string of the molecule is CCNC(Cc1cccs1)c1ccc(OC(F)(F)F)cc1. The van der Waals surface area contributed by atoms with Gasteiger partial charge >= 0.3 is 6.36 Å². The van der Waals surface area contributed by atoms with Crippen molar-refractivity contribution in [3.05, 3.63) is 52.2 Å². The second-order valence-electron chi connectivity index (χ2n) is 4.51. The fraction of sp³-hybridized carbons (Fsp3) is 0.333. The summed E-state index contributed by atoms with van der Waals surface area (Å²) in [6.07, 6.45) is -3.84. The Morgan fingerprint density at radius 3 is 2.43 bits per heavy atom. The van der Waals surface area contributed by atoms with Crippen molar-refractivity contribution in [1.29, 1.82) is 0 Å². The molecule has 0 aliphatic rings. The number of thiophene rings is 1. The number of likely N-dealkylation sites (N-methyl/N-ethyl adjacent to an activating group) is 1. The van der Waals surface area contributed by atoms with E-state index in [4.69, 9.17) is 0 Å². The maximum Gasteiger partial charge on any atom is 0.573 e. The zero-order valence-electron chi connectivity index (χ0n) is 11.5. The van der Waals surface area contributed by atoms with Crippen LogP contribution < -0.4 is 10.1 Å². The van der Waals surface area contributed by atoms with Gasteiger partial charge in [-0.15, -0.1) is 24.5 Å². The largest absolute Gasteiger partial charge is 0.573 e. The number of halogens is 3. The van der Waals surface area contributed by atoms with Crippen LogP contribution in [0.5, 0.6) is 5.75 Å². The standard InChI is InChI=1S/C15H16F3NOS/c1-2-19-14(10-13-4-3-9-21-13)11-5-7-12(8-6-11)20-15(16,17)18/h3-9,14,19H,2,10H2,1H3. The summed E-state index contributed by atoms with van der Waals surface area (Å²) in [4.78, 5) is 1.23. The van der Waals surface area contributed by atoms with Crippen molar-refractivity contribution in [1.82, 2.24) is 5.32 Å². The molecular weight excluding hydrogens is 299 g/mol. The van der Waals surface area contributed by atoms with Crippen molar-refractivity contribution in [2.45, 2.75) is 25.7 Å². The molecule has 0 spiro atoms. The summed E-state index contributed by atoms with van der Waals surface area (Å²) in [5.41, 5.74) is 0.944. The number of benzene rings is 1. The van der Waals surface area contributed by atoms with Gasteiger partial charge in [0, 0.05) is 17.3 Å². The molecule has 0 aliphatic heterocycles. The first-order valence-electron chi connectivity index (χ1n) is 6.59. The van der Waals surface area contributed by atoms with E-state index in [-0.39, 0.29) is 11.8 Å². The van der Waals surface area contributed by atoms with Gasteiger partial charge in [-0.25, -0.2) is 0 Å². The first-order chi connectivity index (χ1) is 9.98. The summed E-state index contributed by atoms with van der Waals surface area (Å²) in [6, 6.07) is 10.2. The van der Waals surface area contributed by atoms with Crippen molar-refractivity contribution in [2.75, 3.05) is 6.54 Å². The van der Waals surface area contributed by atoms with E-state index in [1.165, 1.54) is 17.0 Å². The molecule has 0 amide bonds. The lowest BCUT2D eigenvalue weighted by Gasteiger charge is -2.18. The minimum atomic E-state index is -4.65. The normalized spacial score (nSPS) is 13.1. The third-order valence-electron chi connectivity index (χ3n) is 2.95. The third kappa shape index (κ3) is 5.06. The van der Waals surface area contributed by atoms with E-state index in [1.54, 1.807) is 23.5 Å². The van der Waals surface area contributed by atoms with Crippen LogP contribution in [0.1, 0.15) is 23.4 Å². The predicted molar refractivity (Wildman–Crippen MR) is 77.6 cm³/mol. The Bertz CT molecular complexity index is 537. The van der Waals surface area contributed by atoms with Gasteiger partial charge in [0.2, 0.25) is 0 Å². The van der Waals surface area contributed by atoms with Crippen molar-refractivity contribution in [3.63, 3.8) is 0 Å². The fourth-order valence-corrected chi connectivity index (χ4v) is 2.84. The molecule has 6 heteroatoms. The highest BCUT2D eigenvalue weighted by molar-refractivity contribution is 7.09. The molecule has 1 atom stereocenters. The quantitative estimate of drug-likeness (QED) is 0.845. The van der Waals surface area contributed by atoms with Gasteiger partial charge < -0.3 is 10.1 Å². The van der Waals surface area contributed by atoms with Crippen LogP contribution in [0.25, 0.3) is 0 Å². The van der Waals surface area contributed by atoms with Crippen LogP contribution in [-0.4, -0.2) is 12.9 Å². The number of alkyl halides is 3. The Morgan fingerprint density at radius 1 is 1.19 bits per heavy atom. The molecule has 2 rings (SSSR count). The highest BCUT2D eigenvalue weighted by Crippen LogP contribution is 2.26. The molecule has 1 unspecified atom stereocenters. The summed E-state index contributed by atoms with van der Waals surface area (Å²) in [7, 11) is 0. The van der Waals surface area contributed by atoms with Crippen LogP contribution in [0.15, 0.2) is 41.8 Å². The van der Waals surface area contributed by atoms with Crippen LogP contribution >= 0.6 is 11.3 Å².